The molecule has 1 aromatic rings. The van der Waals surface area contributed by atoms with E-state index in [1.54, 1.807) is 17.3 Å². The van der Waals surface area contributed by atoms with Crippen molar-refractivity contribution < 1.29 is 14.3 Å². The van der Waals surface area contributed by atoms with Crippen molar-refractivity contribution in [3.8, 4) is 0 Å². The SMILES string of the molecule is COC(=O)c1sc(C=O)cc1/N=C/N(C)C. The minimum atomic E-state index is -0.482. The number of carbonyl (C=O) groups is 2. The van der Waals surface area contributed by atoms with Crippen LogP contribution in [0.5, 0.6) is 0 Å². The van der Waals surface area contributed by atoms with Crippen LogP contribution in [0.15, 0.2) is 11.1 Å². The summed E-state index contributed by atoms with van der Waals surface area (Å²) in [6.45, 7) is 0. The molecule has 0 unspecified atom stereocenters. The Bertz CT molecular complexity index is 424. The number of hydrogen-bond donors (Lipinski definition) is 0. The second kappa shape index (κ2) is 5.41. The highest BCUT2D eigenvalue weighted by atomic mass is 32.1. The van der Waals surface area contributed by atoms with E-state index in [1.165, 1.54) is 7.11 Å². The highest BCUT2D eigenvalue weighted by Gasteiger charge is 2.15. The number of methoxy groups -OCH3 is 1. The highest BCUT2D eigenvalue weighted by molar-refractivity contribution is 7.16. The fraction of sp³-hybridized carbons (Fsp3) is 0.300. The predicted molar refractivity (Wildman–Crippen MR) is 62.9 cm³/mol. The van der Waals surface area contributed by atoms with Crippen molar-refractivity contribution in [2.75, 3.05) is 21.2 Å². The lowest BCUT2D eigenvalue weighted by Gasteiger charge is -2.02. The summed E-state index contributed by atoms with van der Waals surface area (Å²) in [5, 5.41) is 0. The fourth-order valence-electron chi connectivity index (χ4n) is 0.970. The Kier molecular flexibility index (Phi) is 4.19. The van der Waals surface area contributed by atoms with Gasteiger partial charge in [-0.05, 0) is 6.07 Å². The Hall–Kier alpha value is -1.69. The molecule has 0 atom stereocenters. The van der Waals surface area contributed by atoms with Crippen LogP contribution in [-0.2, 0) is 4.74 Å². The van der Waals surface area contributed by atoms with Gasteiger partial charge in [0.2, 0.25) is 0 Å². The molecule has 0 saturated carbocycles. The molecular weight excluding hydrogens is 228 g/mol. The zero-order chi connectivity index (χ0) is 12.1. The van der Waals surface area contributed by atoms with Crippen molar-refractivity contribution in [1.82, 2.24) is 4.90 Å². The van der Waals surface area contributed by atoms with Crippen molar-refractivity contribution in [3.05, 3.63) is 15.8 Å². The Morgan fingerprint density at radius 1 is 1.56 bits per heavy atom. The number of carbonyl (C=O) groups excluding carboxylic acids is 2. The van der Waals surface area contributed by atoms with Crippen molar-refractivity contribution in [2.24, 2.45) is 4.99 Å². The van der Waals surface area contributed by atoms with Gasteiger partial charge in [-0.2, -0.15) is 0 Å². The first kappa shape index (κ1) is 12.4. The molecule has 0 spiro atoms. The number of thiophene rings is 1. The van der Waals surface area contributed by atoms with E-state index in [0.717, 1.165) is 11.3 Å². The summed E-state index contributed by atoms with van der Waals surface area (Å²) in [5.74, 6) is -0.482. The third-order valence-electron chi connectivity index (χ3n) is 1.65. The Labute approximate surface area is 97.4 Å². The molecule has 16 heavy (non-hydrogen) atoms. The smallest absolute Gasteiger partial charge is 0.350 e. The maximum absolute atomic E-state index is 11.4. The van der Waals surface area contributed by atoms with Crippen molar-refractivity contribution in [1.29, 1.82) is 0 Å². The van der Waals surface area contributed by atoms with Gasteiger partial charge < -0.3 is 9.64 Å². The normalized spacial score (nSPS) is 10.4. The van der Waals surface area contributed by atoms with Crippen molar-refractivity contribution in [2.45, 2.75) is 0 Å². The zero-order valence-corrected chi connectivity index (χ0v) is 10.1. The van der Waals surface area contributed by atoms with Gasteiger partial charge in [0.25, 0.3) is 0 Å². The van der Waals surface area contributed by atoms with E-state index in [0.29, 0.717) is 21.7 Å². The monoisotopic (exact) mass is 240 g/mol. The average molecular weight is 240 g/mol. The van der Waals surface area contributed by atoms with Gasteiger partial charge in [0.15, 0.2) is 6.29 Å². The van der Waals surface area contributed by atoms with Crippen LogP contribution in [0, 0.1) is 0 Å². The molecular formula is C10H12N2O3S. The summed E-state index contributed by atoms with van der Waals surface area (Å²) in [6, 6.07) is 1.56. The van der Waals surface area contributed by atoms with Gasteiger partial charge in [-0.3, -0.25) is 4.79 Å². The van der Waals surface area contributed by atoms with Gasteiger partial charge in [0.1, 0.15) is 4.88 Å². The van der Waals surface area contributed by atoms with Gasteiger partial charge >= 0.3 is 5.97 Å². The molecule has 0 aliphatic rings. The minimum Gasteiger partial charge on any atom is -0.465 e. The Balaban J connectivity index is 3.10. The standard InChI is InChI=1S/C10H12N2O3S/c1-12(2)6-11-8-4-7(5-13)16-9(8)10(14)15-3/h4-6H,1-3H3/b11-6+. The highest BCUT2D eigenvalue weighted by Crippen LogP contribution is 2.29. The first-order valence-corrected chi connectivity index (χ1v) is 5.28. The molecule has 0 N–H and O–H groups in total. The van der Waals surface area contributed by atoms with Gasteiger partial charge in [-0.25, -0.2) is 9.79 Å². The van der Waals surface area contributed by atoms with E-state index in [9.17, 15) is 9.59 Å². The van der Waals surface area contributed by atoms with Gasteiger partial charge in [-0.15, -0.1) is 11.3 Å². The lowest BCUT2D eigenvalue weighted by atomic mass is 10.3. The van der Waals surface area contributed by atoms with Crippen LogP contribution in [-0.4, -0.2) is 44.7 Å². The molecule has 0 radical (unpaired) electrons. The quantitative estimate of drug-likeness (QED) is 0.347. The predicted octanol–water partition coefficient (Wildman–Crippen LogP) is 1.57. The molecule has 6 heteroatoms. The summed E-state index contributed by atoms with van der Waals surface area (Å²) < 4.78 is 4.61. The second-order valence-electron chi connectivity index (χ2n) is 3.18. The first-order chi connectivity index (χ1) is 7.58. The molecule has 1 aromatic heterocycles. The summed E-state index contributed by atoms with van der Waals surface area (Å²) >= 11 is 1.07. The summed E-state index contributed by atoms with van der Waals surface area (Å²) in [7, 11) is 4.92. The zero-order valence-electron chi connectivity index (χ0n) is 9.26. The number of hydrogen-bond acceptors (Lipinski definition) is 5. The van der Waals surface area contributed by atoms with Crippen LogP contribution in [0.4, 0.5) is 5.69 Å². The maximum atomic E-state index is 11.4. The van der Waals surface area contributed by atoms with Gasteiger partial charge in [0, 0.05) is 14.1 Å². The molecule has 0 amide bonds. The Morgan fingerprint density at radius 3 is 2.75 bits per heavy atom. The molecule has 0 saturated heterocycles. The van der Waals surface area contributed by atoms with Crippen LogP contribution in [0.25, 0.3) is 0 Å². The van der Waals surface area contributed by atoms with E-state index < -0.39 is 5.97 Å². The van der Waals surface area contributed by atoms with Crippen LogP contribution in [0.1, 0.15) is 19.3 Å². The van der Waals surface area contributed by atoms with E-state index in [2.05, 4.69) is 9.73 Å². The molecule has 0 aliphatic carbocycles. The number of rotatable bonds is 4. The number of esters is 1. The van der Waals surface area contributed by atoms with Crippen LogP contribution >= 0.6 is 11.3 Å². The van der Waals surface area contributed by atoms with Gasteiger partial charge in [0.05, 0.1) is 24.0 Å². The Morgan fingerprint density at radius 2 is 2.25 bits per heavy atom. The fourth-order valence-corrected chi connectivity index (χ4v) is 1.81. The second-order valence-corrected chi connectivity index (χ2v) is 4.26. The van der Waals surface area contributed by atoms with Crippen molar-refractivity contribution in [3.63, 3.8) is 0 Å². The lowest BCUT2D eigenvalue weighted by Crippen LogP contribution is -2.07. The van der Waals surface area contributed by atoms with Crippen LogP contribution in [0.3, 0.4) is 0 Å². The molecule has 86 valence electrons. The third kappa shape index (κ3) is 2.90. The van der Waals surface area contributed by atoms with E-state index >= 15 is 0 Å². The third-order valence-corrected chi connectivity index (χ3v) is 2.68. The van der Waals surface area contributed by atoms with E-state index in [4.69, 9.17) is 0 Å². The average Bonchev–Trinajstić information content (AvgIpc) is 2.68. The maximum Gasteiger partial charge on any atom is 0.350 e. The largest absolute Gasteiger partial charge is 0.465 e. The minimum absolute atomic E-state index is 0.336. The van der Waals surface area contributed by atoms with E-state index in [1.807, 2.05) is 14.1 Å². The molecule has 5 nitrogen and oxygen atoms in total. The first-order valence-electron chi connectivity index (χ1n) is 4.46. The number of ether oxygens (including phenoxy) is 1. The lowest BCUT2D eigenvalue weighted by molar-refractivity contribution is 0.0607. The van der Waals surface area contributed by atoms with E-state index in [-0.39, 0.29) is 0 Å². The topological polar surface area (TPSA) is 59.0 Å². The molecule has 0 aromatic carbocycles. The molecule has 0 aliphatic heterocycles. The van der Waals surface area contributed by atoms with Crippen LogP contribution < -0.4 is 0 Å². The number of aliphatic imine (C=N–C) groups is 1. The van der Waals surface area contributed by atoms with Crippen molar-refractivity contribution >= 4 is 35.6 Å². The summed E-state index contributed by atoms with van der Waals surface area (Å²) in [5.41, 5.74) is 0.452. The summed E-state index contributed by atoms with van der Waals surface area (Å²) in [6.07, 6.45) is 2.24. The number of nitrogens with zero attached hydrogens (tertiary/aromatic N) is 2. The molecule has 0 fully saturated rings. The van der Waals surface area contributed by atoms with Crippen LogP contribution in [0.2, 0.25) is 0 Å². The summed E-state index contributed by atoms with van der Waals surface area (Å²) in [4.78, 5) is 28.6. The van der Waals surface area contributed by atoms with Gasteiger partial charge in [-0.1, -0.05) is 0 Å². The molecule has 1 rings (SSSR count). The number of aldehydes is 1. The molecule has 1 heterocycles. The molecule has 0 bridgehead atoms.